The lowest BCUT2D eigenvalue weighted by molar-refractivity contribution is -0.133. The highest BCUT2D eigenvalue weighted by Crippen LogP contribution is 2.28. The summed E-state index contributed by atoms with van der Waals surface area (Å²) in [7, 11) is 1.98. The second-order valence-electron chi connectivity index (χ2n) is 9.14. The minimum Gasteiger partial charge on any atom is -0.390 e. The van der Waals surface area contributed by atoms with Crippen molar-refractivity contribution in [1.82, 2.24) is 9.80 Å². The van der Waals surface area contributed by atoms with Gasteiger partial charge < -0.3 is 10.0 Å². The lowest BCUT2D eigenvalue weighted by Crippen LogP contribution is -2.42. The maximum atomic E-state index is 12.6. The number of halogens is 3. The van der Waals surface area contributed by atoms with E-state index in [0.717, 1.165) is 43.9 Å². The van der Waals surface area contributed by atoms with Gasteiger partial charge in [0.25, 0.3) is 0 Å². The van der Waals surface area contributed by atoms with Crippen LogP contribution in [0, 0.1) is 0 Å². The average Bonchev–Trinajstić information content (AvgIpc) is 2.90. The molecule has 2 aromatic rings. The van der Waals surface area contributed by atoms with Crippen molar-refractivity contribution >= 4 is 5.69 Å². The summed E-state index contributed by atoms with van der Waals surface area (Å²) in [5, 5.41) is 10.8. The second-order valence-corrected chi connectivity index (χ2v) is 9.14. The Morgan fingerprint density at radius 1 is 0.906 bits per heavy atom. The Hall–Kier alpha value is -2.09. The summed E-state index contributed by atoms with van der Waals surface area (Å²) in [5.74, 6) is 0. The van der Waals surface area contributed by atoms with Crippen LogP contribution < -0.4 is 4.90 Å². The van der Waals surface area contributed by atoms with Crippen molar-refractivity contribution in [2.45, 2.75) is 44.6 Å². The predicted octanol–water partition coefficient (Wildman–Crippen LogP) is 3.85. The zero-order valence-corrected chi connectivity index (χ0v) is 18.6. The third kappa shape index (κ3) is 6.03. The van der Waals surface area contributed by atoms with E-state index >= 15 is 0 Å². The molecule has 0 radical (unpaired) electrons. The fourth-order valence-corrected chi connectivity index (χ4v) is 4.79. The topological polar surface area (TPSA) is 30.0 Å². The number of aliphatic hydroxyl groups excluding tert-OH is 1. The van der Waals surface area contributed by atoms with E-state index in [1.807, 2.05) is 25.2 Å². The van der Waals surface area contributed by atoms with Crippen LogP contribution in [0.5, 0.6) is 0 Å². The quantitative estimate of drug-likeness (QED) is 0.729. The molecule has 0 bridgehead atoms. The predicted molar refractivity (Wildman–Crippen MR) is 121 cm³/mol. The number of hydrogen-bond donors (Lipinski definition) is 1. The number of benzene rings is 2. The zero-order valence-electron chi connectivity index (χ0n) is 18.6. The highest BCUT2D eigenvalue weighted by Gasteiger charge is 2.27. The summed E-state index contributed by atoms with van der Waals surface area (Å²) in [5.41, 5.74) is 5.55. The van der Waals surface area contributed by atoms with Gasteiger partial charge in [-0.05, 0) is 41.2 Å². The van der Waals surface area contributed by atoms with E-state index in [1.54, 1.807) is 0 Å². The Labute approximate surface area is 188 Å². The van der Waals surface area contributed by atoms with E-state index in [2.05, 4.69) is 39.0 Å². The molecule has 2 aliphatic rings. The standard InChI is InChI=1S/C25H32F3N3O/c1-29-12-13-31(16-22-7-6-19(14-24(22)29)8-10-25(26,27)28)18-23(32)17-30-11-9-20-4-2-3-5-21(20)15-30/h2-7,14,23,32H,8-13,15-18H2,1H3. The van der Waals surface area contributed by atoms with Crippen molar-refractivity contribution in [3.8, 4) is 0 Å². The van der Waals surface area contributed by atoms with Gasteiger partial charge in [0.05, 0.1) is 6.10 Å². The second kappa shape index (κ2) is 9.81. The molecule has 1 atom stereocenters. The van der Waals surface area contributed by atoms with Crippen LogP contribution in [0.25, 0.3) is 0 Å². The number of fused-ring (bicyclic) bond motifs is 2. The third-order valence-electron chi connectivity index (χ3n) is 6.55. The van der Waals surface area contributed by atoms with Gasteiger partial charge in [0, 0.05) is 65.0 Å². The van der Waals surface area contributed by atoms with Gasteiger partial charge in [0.2, 0.25) is 0 Å². The van der Waals surface area contributed by atoms with Crippen molar-refractivity contribution in [2.24, 2.45) is 0 Å². The van der Waals surface area contributed by atoms with Gasteiger partial charge in [0.1, 0.15) is 0 Å². The fourth-order valence-electron chi connectivity index (χ4n) is 4.79. The number of β-amino-alcohol motifs (C(OH)–C–C–N with tert-alkyl or cyclic N) is 1. The van der Waals surface area contributed by atoms with Gasteiger partial charge in [-0.1, -0.05) is 36.4 Å². The van der Waals surface area contributed by atoms with Crippen molar-refractivity contribution < 1.29 is 18.3 Å². The minimum atomic E-state index is -4.14. The summed E-state index contributed by atoms with van der Waals surface area (Å²) in [6, 6.07) is 14.1. The summed E-state index contributed by atoms with van der Waals surface area (Å²) in [6.07, 6.45) is -4.36. The molecule has 2 aromatic carbocycles. The Kier molecular flexibility index (Phi) is 7.08. The molecule has 174 valence electrons. The van der Waals surface area contributed by atoms with Crippen LogP contribution in [0.15, 0.2) is 42.5 Å². The monoisotopic (exact) mass is 447 g/mol. The number of nitrogens with zero attached hydrogens (tertiary/aromatic N) is 3. The first kappa shape index (κ1) is 23.1. The molecule has 1 unspecified atom stereocenters. The van der Waals surface area contributed by atoms with Gasteiger partial charge >= 0.3 is 6.18 Å². The van der Waals surface area contributed by atoms with E-state index < -0.39 is 18.7 Å². The summed E-state index contributed by atoms with van der Waals surface area (Å²) in [6.45, 7) is 5.34. The van der Waals surface area contributed by atoms with Crippen molar-refractivity contribution in [3.63, 3.8) is 0 Å². The third-order valence-corrected chi connectivity index (χ3v) is 6.55. The van der Waals surface area contributed by atoms with Gasteiger partial charge in [-0.3, -0.25) is 9.80 Å². The van der Waals surface area contributed by atoms with Gasteiger partial charge in [-0.15, -0.1) is 0 Å². The van der Waals surface area contributed by atoms with Crippen molar-refractivity contribution in [3.05, 3.63) is 64.7 Å². The number of alkyl halides is 3. The van der Waals surface area contributed by atoms with Gasteiger partial charge in [-0.2, -0.15) is 13.2 Å². The highest BCUT2D eigenvalue weighted by molar-refractivity contribution is 5.56. The van der Waals surface area contributed by atoms with Crippen LogP contribution in [0.3, 0.4) is 0 Å². The Morgan fingerprint density at radius 2 is 1.59 bits per heavy atom. The normalized spacial score (nSPS) is 18.7. The molecule has 0 amide bonds. The number of aliphatic hydroxyl groups is 1. The fraction of sp³-hybridized carbons (Fsp3) is 0.520. The SMILES string of the molecule is CN1CCN(CC(O)CN2CCc3ccccc3C2)Cc2ccc(CCC(F)(F)F)cc21. The molecule has 0 saturated heterocycles. The van der Waals surface area contributed by atoms with Crippen LogP contribution in [0.1, 0.15) is 28.7 Å². The molecule has 0 spiro atoms. The summed E-state index contributed by atoms with van der Waals surface area (Å²) < 4.78 is 37.8. The Bertz CT molecular complexity index is 918. The number of hydrogen-bond acceptors (Lipinski definition) is 4. The summed E-state index contributed by atoms with van der Waals surface area (Å²) in [4.78, 5) is 6.68. The largest absolute Gasteiger partial charge is 0.390 e. The molecule has 0 aromatic heterocycles. The van der Waals surface area contributed by atoms with E-state index in [9.17, 15) is 18.3 Å². The molecular formula is C25H32F3N3O. The van der Waals surface area contributed by atoms with Crippen LogP contribution >= 0.6 is 0 Å². The molecule has 32 heavy (non-hydrogen) atoms. The van der Waals surface area contributed by atoms with Gasteiger partial charge in [-0.25, -0.2) is 0 Å². The highest BCUT2D eigenvalue weighted by atomic mass is 19.4. The van der Waals surface area contributed by atoms with E-state index in [4.69, 9.17) is 0 Å². The van der Waals surface area contributed by atoms with E-state index in [0.29, 0.717) is 25.2 Å². The zero-order chi connectivity index (χ0) is 22.7. The lowest BCUT2D eigenvalue weighted by atomic mass is 10.00. The maximum Gasteiger partial charge on any atom is 0.389 e. The van der Waals surface area contributed by atoms with Gasteiger partial charge in [0.15, 0.2) is 0 Å². The van der Waals surface area contributed by atoms with Crippen LogP contribution in [0.2, 0.25) is 0 Å². The molecule has 0 saturated carbocycles. The van der Waals surface area contributed by atoms with Crippen LogP contribution in [0.4, 0.5) is 18.9 Å². The van der Waals surface area contributed by atoms with Crippen LogP contribution in [-0.2, 0) is 25.9 Å². The first-order valence-electron chi connectivity index (χ1n) is 11.4. The van der Waals surface area contributed by atoms with E-state index in [-0.39, 0.29) is 6.42 Å². The number of likely N-dealkylation sites (N-methyl/N-ethyl adjacent to an activating group) is 1. The Morgan fingerprint density at radius 3 is 2.34 bits per heavy atom. The molecule has 7 heteroatoms. The molecule has 4 rings (SSSR count). The number of aryl methyl sites for hydroxylation is 1. The summed E-state index contributed by atoms with van der Waals surface area (Å²) >= 11 is 0. The maximum absolute atomic E-state index is 12.6. The molecule has 2 aliphatic heterocycles. The molecule has 0 aliphatic carbocycles. The van der Waals surface area contributed by atoms with Crippen LogP contribution in [-0.4, -0.2) is 67.0 Å². The number of rotatable bonds is 6. The van der Waals surface area contributed by atoms with Crippen molar-refractivity contribution in [2.75, 3.05) is 44.7 Å². The minimum absolute atomic E-state index is 0.00596. The average molecular weight is 448 g/mol. The molecular weight excluding hydrogens is 415 g/mol. The first-order chi connectivity index (χ1) is 15.3. The molecule has 1 N–H and O–H groups in total. The smallest absolute Gasteiger partial charge is 0.389 e. The first-order valence-corrected chi connectivity index (χ1v) is 11.4. The van der Waals surface area contributed by atoms with Crippen molar-refractivity contribution in [1.29, 1.82) is 0 Å². The molecule has 4 nitrogen and oxygen atoms in total. The molecule has 2 heterocycles. The Balaban J connectivity index is 1.34. The number of anilines is 1. The lowest BCUT2D eigenvalue weighted by Gasteiger charge is -2.32. The molecule has 0 fully saturated rings. The van der Waals surface area contributed by atoms with E-state index in [1.165, 1.54) is 11.1 Å².